The van der Waals surface area contributed by atoms with E-state index < -0.39 is 40.8 Å². The number of halogens is 5. The van der Waals surface area contributed by atoms with Gasteiger partial charge >= 0.3 is 0 Å². The number of anilines is 1. The normalized spacial score (nSPS) is 12.5. The van der Waals surface area contributed by atoms with Crippen LogP contribution in [-0.4, -0.2) is 0 Å². The molecule has 1 heterocycles. The highest BCUT2D eigenvalue weighted by Crippen LogP contribution is 2.30. The van der Waals surface area contributed by atoms with E-state index in [4.69, 9.17) is 0 Å². The zero-order valence-corrected chi connectivity index (χ0v) is 10.4. The Balaban J connectivity index is 2.41. The molecule has 0 fully saturated rings. The summed E-state index contributed by atoms with van der Waals surface area (Å²) in [5.74, 6) is -9.80. The summed E-state index contributed by atoms with van der Waals surface area (Å²) in [6.45, 7) is 1.56. The van der Waals surface area contributed by atoms with Gasteiger partial charge in [0.05, 0.1) is 6.04 Å². The average Bonchev–Trinajstić information content (AvgIpc) is 2.93. The van der Waals surface area contributed by atoms with E-state index in [1.54, 1.807) is 24.4 Å². The molecule has 1 unspecified atom stereocenters. The summed E-state index contributed by atoms with van der Waals surface area (Å²) in [5, 5.41) is 4.05. The van der Waals surface area contributed by atoms with E-state index in [0.29, 0.717) is 4.88 Å². The first-order valence-corrected chi connectivity index (χ1v) is 6.12. The van der Waals surface area contributed by atoms with Gasteiger partial charge in [-0.2, -0.15) is 0 Å². The van der Waals surface area contributed by atoms with Crippen LogP contribution in [0.5, 0.6) is 0 Å². The fraction of sp³-hybridized carbons (Fsp3) is 0.167. The van der Waals surface area contributed by atoms with Crippen LogP contribution in [0.15, 0.2) is 17.5 Å². The Labute approximate surface area is 109 Å². The van der Waals surface area contributed by atoms with Gasteiger partial charge in [-0.3, -0.25) is 0 Å². The lowest BCUT2D eigenvalue weighted by atomic mass is 10.2. The van der Waals surface area contributed by atoms with Crippen molar-refractivity contribution in [3.8, 4) is 0 Å². The van der Waals surface area contributed by atoms with Crippen molar-refractivity contribution in [1.82, 2.24) is 0 Å². The molecule has 1 nitrogen and oxygen atoms in total. The van der Waals surface area contributed by atoms with Crippen molar-refractivity contribution < 1.29 is 22.0 Å². The van der Waals surface area contributed by atoms with Gasteiger partial charge in [-0.15, -0.1) is 11.3 Å². The molecule has 1 atom stereocenters. The van der Waals surface area contributed by atoms with Crippen molar-refractivity contribution in [2.75, 3.05) is 5.32 Å². The first-order valence-electron chi connectivity index (χ1n) is 5.24. The van der Waals surface area contributed by atoms with Gasteiger partial charge in [-0.05, 0) is 18.4 Å². The van der Waals surface area contributed by atoms with Crippen molar-refractivity contribution in [3.63, 3.8) is 0 Å². The van der Waals surface area contributed by atoms with Crippen LogP contribution in [0.25, 0.3) is 0 Å². The summed E-state index contributed by atoms with van der Waals surface area (Å²) in [6, 6.07) is 2.83. The standard InChI is InChI=1S/C12H8F5NS/c1-5(6-3-2-4-19-6)18-12-10(16)8(14)7(13)9(15)11(12)17/h2-5,18H,1H3. The summed E-state index contributed by atoms with van der Waals surface area (Å²) in [7, 11) is 0. The number of nitrogens with one attached hydrogen (secondary N) is 1. The van der Waals surface area contributed by atoms with E-state index in [-0.39, 0.29) is 0 Å². The van der Waals surface area contributed by atoms with Crippen LogP contribution < -0.4 is 5.32 Å². The lowest BCUT2D eigenvalue weighted by Crippen LogP contribution is -2.12. The van der Waals surface area contributed by atoms with Crippen LogP contribution in [-0.2, 0) is 0 Å². The fourth-order valence-electron chi connectivity index (χ4n) is 1.56. The molecule has 0 radical (unpaired) electrons. The van der Waals surface area contributed by atoms with Crippen LogP contribution in [0, 0.1) is 29.1 Å². The van der Waals surface area contributed by atoms with E-state index in [0.717, 1.165) is 0 Å². The van der Waals surface area contributed by atoms with Gasteiger partial charge in [0.1, 0.15) is 5.69 Å². The molecule has 0 aliphatic rings. The Morgan fingerprint density at radius 3 is 1.95 bits per heavy atom. The molecule has 0 aliphatic carbocycles. The van der Waals surface area contributed by atoms with Crippen molar-refractivity contribution >= 4 is 17.0 Å². The van der Waals surface area contributed by atoms with E-state index in [2.05, 4.69) is 5.32 Å². The summed E-state index contributed by atoms with van der Waals surface area (Å²) in [4.78, 5) is 0.712. The van der Waals surface area contributed by atoms with Crippen molar-refractivity contribution in [1.29, 1.82) is 0 Å². The quantitative estimate of drug-likeness (QED) is 0.495. The predicted molar refractivity (Wildman–Crippen MR) is 62.6 cm³/mol. The molecule has 0 saturated carbocycles. The first kappa shape index (κ1) is 13.8. The largest absolute Gasteiger partial charge is 0.373 e. The molecule has 1 N–H and O–H groups in total. The van der Waals surface area contributed by atoms with Crippen LogP contribution >= 0.6 is 11.3 Å². The van der Waals surface area contributed by atoms with Crippen LogP contribution in [0.4, 0.5) is 27.6 Å². The second-order valence-electron chi connectivity index (χ2n) is 3.83. The SMILES string of the molecule is CC(Nc1c(F)c(F)c(F)c(F)c1F)c1cccs1. The Morgan fingerprint density at radius 1 is 0.947 bits per heavy atom. The second kappa shape index (κ2) is 5.16. The van der Waals surface area contributed by atoms with E-state index >= 15 is 0 Å². The number of hydrogen-bond donors (Lipinski definition) is 1. The molecule has 7 heteroatoms. The van der Waals surface area contributed by atoms with Crippen LogP contribution in [0.1, 0.15) is 17.8 Å². The number of hydrogen-bond acceptors (Lipinski definition) is 2. The second-order valence-corrected chi connectivity index (χ2v) is 4.81. The topological polar surface area (TPSA) is 12.0 Å². The molecule has 1 aromatic heterocycles. The molecule has 0 spiro atoms. The van der Waals surface area contributed by atoms with Gasteiger partial charge in [0.15, 0.2) is 23.3 Å². The van der Waals surface area contributed by atoms with Crippen molar-refractivity contribution in [3.05, 3.63) is 51.5 Å². The molecule has 2 rings (SSSR count). The molecule has 0 bridgehead atoms. The van der Waals surface area contributed by atoms with Gasteiger partial charge in [0, 0.05) is 4.88 Å². The lowest BCUT2D eigenvalue weighted by molar-refractivity contribution is 0.381. The molecule has 2 aromatic rings. The minimum absolute atomic E-state index is 0.576. The van der Waals surface area contributed by atoms with Gasteiger partial charge < -0.3 is 5.32 Å². The van der Waals surface area contributed by atoms with E-state index in [9.17, 15) is 22.0 Å². The van der Waals surface area contributed by atoms with E-state index in [1.807, 2.05) is 0 Å². The Morgan fingerprint density at radius 2 is 1.47 bits per heavy atom. The molecule has 1 aromatic carbocycles. The minimum Gasteiger partial charge on any atom is -0.373 e. The Kier molecular flexibility index (Phi) is 3.75. The lowest BCUT2D eigenvalue weighted by Gasteiger charge is -2.16. The van der Waals surface area contributed by atoms with Gasteiger partial charge in [0.2, 0.25) is 5.82 Å². The maximum absolute atomic E-state index is 13.4. The zero-order valence-electron chi connectivity index (χ0n) is 9.61. The molecular weight excluding hydrogens is 285 g/mol. The summed E-state index contributed by atoms with van der Waals surface area (Å²) >= 11 is 1.30. The monoisotopic (exact) mass is 293 g/mol. The molecule has 19 heavy (non-hydrogen) atoms. The van der Waals surface area contributed by atoms with Gasteiger partial charge in [-0.25, -0.2) is 22.0 Å². The summed E-state index contributed by atoms with van der Waals surface area (Å²) in [6.07, 6.45) is 0. The number of benzene rings is 1. The first-order chi connectivity index (χ1) is 8.93. The molecule has 0 amide bonds. The summed E-state index contributed by atoms with van der Waals surface area (Å²) in [5.41, 5.74) is -1.02. The maximum Gasteiger partial charge on any atom is 0.200 e. The van der Waals surface area contributed by atoms with Gasteiger partial charge in [-0.1, -0.05) is 6.07 Å². The zero-order chi connectivity index (χ0) is 14.2. The van der Waals surface area contributed by atoms with E-state index in [1.165, 1.54) is 11.3 Å². The van der Waals surface area contributed by atoms with Crippen LogP contribution in [0.2, 0.25) is 0 Å². The smallest absolute Gasteiger partial charge is 0.200 e. The van der Waals surface area contributed by atoms with Crippen molar-refractivity contribution in [2.24, 2.45) is 0 Å². The highest BCUT2D eigenvalue weighted by molar-refractivity contribution is 7.10. The predicted octanol–water partition coefficient (Wildman–Crippen LogP) is 4.62. The Hall–Kier alpha value is -1.63. The third-order valence-electron chi connectivity index (χ3n) is 2.54. The third kappa shape index (κ3) is 2.42. The molecule has 102 valence electrons. The highest BCUT2D eigenvalue weighted by atomic mass is 32.1. The number of rotatable bonds is 3. The van der Waals surface area contributed by atoms with Crippen LogP contribution in [0.3, 0.4) is 0 Å². The Bertz CT molecular complexity index is 568. The average molecular weight is 293 g/mol. The minimum atomic E-state index is -2.16. The molecule has 0 saturated heterocycles. The summed E-state index contributed by atoms with van der Waals surface area (Å²) < 4.78 is 65.7. The third-order valence-corrected chi connectivity index (χ3v) is 3.60. The van der Waals surface area contributed by atoms with Crippen molar-refractivity contribution in [2.45, 2.75) is 13.0 Å². The fourth-order valence-corrected chi connectivity index (χ4v) is 2.29. The molecule has 0 aliphatic heterocycles. The van der Waals surface area contributed by atoms with Gasteiger partial charge in [0.25, 0.3) is 0 Å². The number of thiophene rings is 1. The highest BCUT2D eigenvalue weighted by Gasteiger charge is 2.26. The maximum atomic E-state index is 13.4. The molecular formula is C12H8F5NS.